The lowest BCUT2D eigenvalue weighted by molar-refractivity contribution is -0.125. The molecule has 168 valence electrons. The number of carbonyl (C=O) groups is 3. The number of benzene rings is 3. The number of hydrogen-bond acceptors (Lipinski definition) is 4. The van der Waals surface area contributed by atoms with Crippen molar-refractivity contribution < 1.29 is 19.1 Å². The smallest absolute Gasteiger partial charge is 0.267 e. The number of carbonyl (C=O) groups excluding carboxylic acids is 3. The molecule has 0 aliphatic carbocycles. The van der Waals surface area contributed by atoms with E-state index < -0.39 is 6.10 Å². The Hall–Kier alpha value is -3.93. The SMILES string of the molecule is CC1Oc2ccc(C(=O)CCC(=O)N(Cc3ccccc3)c3ccccc3)cc2N(C)C1=O. The Labute approximate surface area is 193 Å². The average molecular weight is 443 g/mol. The minimum absolute atomic E-state index is 0.0741. The van der Waals surface area contributed by atoms with E-state index in [0.717, 1.165) is 11.3 Å². The zero-order valence-electron chi connectivity index (χ0n) is 18.7. The predicted molar refractivity (Wildman–Crippen MR) is 128 cm³/mol. The Balaban J connectivity index is 1.47. The summed E-state index contributed by atoms with van der Waals surface area (Å²) in [6.07, 6.45) is -0.403. The van der Waals surface area contributed by atoms with Crippen molar-refractivity contribution in [1.29, 1.82) is 0 Å². The molecule has 1 atom stereocenters. The predicted octanol–water partition coefficient (Wildman–Crippen LogP) is 4.63. The van der Waals surface area contributed by atoms with E-state index in [4.69, 9.17) is 4.74 Å². The van der Waals surface area contributed by atoms with Crippen LogP contribution >= 0.6 is 0 Å². The summed E-state index contributed by atoms with van der Waals surface area (Å²) in [5.74, 6) is 0.121. The maximum Gasteiger partial charge on any atom is 0.267 e. The molecule has 0 fully saturated rings. The molecule has 0 bridgehead atoms. The van der Waals surface area contributed by atoms with Crippen LogP contribution < -0.4 is 14.5 Å². The first-order chi connectivity index (χ1) is 15.9. The van der Waals surface area contributed by atoms with Crippen molar-refractivity contribution >= 4 is 29.0 Å². The fourth-order valence-corrected chi connectivity index (χ4v) is 3.88. The van der Waals surface area contributed by atoms with E-state index in [2.05, 4.69) is 0 Å². The van der Waals surface area contributed by atoms with Crippen molar-refractivity contribution in [2.75, 3.05) is 16.8 Å². The van der Waals surface area contributed by atoms with Gasteiger partial charge in [0.2, 0.25) is 5.91 Å². The fraction of sp³-hybridized carbons (Fsp3) is 0.222. The Morgan fingerprint density at radius 2 is 1.61 bits per heavy atom. The lowest BCUT2D eigenvalue weighted by Crippen LogP contribution is -2.42. The van der Waals surface area contributed by atoms with Crippen molar-refractivity contribution in [2.45, 2.75) is 32.4 Å². The van der Waals surface area contributed by atoms with Crippen molar-refractivity contribution in [3.8, 4) is 5.75 Å². The van der Waals surface area contributed by atoms with Crippen molar-refractivity contribution in [2.24, 2.45) is 0 Å². The maximum absolute atomic E-state index is 13.1. The van der Waals surface area contributed by atoms with E-state index in [0.29, 0.717) is 23.5 Å². The monoisotopic (exact) mass is 442 g/mol. The van der Waals surface area contributed by atoms with E-state index >= 15 is 0 Å². The van der Waals surface area contributed by atoms with Crippen LogP contribution in [0.5, 0.6) is 5.75 Å². The second-order valence-electron chi connectivity index (χ2n) is 8.06. The number of ketones is 1. The first-order valence-electron chi connectivity index (χ1n) is 10.9. The summed E-state index contributed by atoms with van der Waals surface area (Å²) in [7, 11) is 1.67. The second-order valence-corrected chi connectivity index (χ2v) is 8.06. The highest BCUT2D eigenvalue weighted by molar-refractivity contribution is 6.04. The van der Waals surface area contributed by atoms with Gasteiger partial charge in [-0.3, -0.25) is 14.4 Å². The van der Waals surface area contributed by atoms with Gasteiger partial charge in [0.05, 0.1) is 12.2 Å². The van der Waals surface area contributed by atoms with Gasteiger partial charge in [-0.2, -0.15) is 0 Å². The van der Waals surface area contributed by atoms with Gasteiger partial charge >= 0.3 is 0 Å². The number of para-hydroxylation sites is 1. The highest BCUT2D eigenvalue weighted by atomic mass is 16.5. The molecular weight excluding hydrogens is 416 g/mol. The lowest BCUT2D eigenvalue weighted by Gasteiger charge is -2.30. The minimum Gasteiger partial charge on any atom is -0.479 e. The van der Waals surface area contributed by atoms with Crippen molar-refractivity contribution in [3.05, 3.63) is 90.0 Å². The van der Waals surface area contributed by atoms with Gasteiger partial charge in [-0.05, 0) is 42.8 Å². The van der Waals surface area contributed by atoms with E-state index in [9.17, 15) is 14.4 Å². The molecule has 3 aromatic rings. The van der Waals surface area contributed by atoms with Gasteiger partial charge in [-0.1, -0.05) is 48.5 Å². The van der Waals surface area contributed by atoms with Gasteiger partial charge in [-0.15, -0.1) is 0 Å². The molecule has 0 N–H and O–H groups in total. The second kappa shape index (κ2) is 9.69. The number of amides is 2. The third kappa shape index (κ3) is 4.95. The van der Waals surface area contributed by atoms with Gasteiger partial charge < -0.3 is 14.5 Å². The molecule has 1 aliphatic heterocycles. The van der Waals surface area contributed by atoms with Crippen molar-refractivity contribution in [3.63, 3.8) is 0 Å². The van der Waals surface area contributed by atoms with Crippen LogP contribution in [0.3, 0.4) is 0 Å². The highest BCUT2D eigenvalue weighted by Crippen LogP contribution is 2.34. The molecule has 0 saturated heterocycles. The lowest BCUT2D eigenvalue weighted by atomic mass is 10.0. The van der Waals surface area contributed by atoms with E-state index in [1.807, 2.05) is 60.7 Å². The average Bonchev–Trinajstić information content (AvgIpc) is 2.85. The van der Waals surface area contributed by atoms with E-state index in [1.54, 1.807) is 37.1 Å². The molecule has 0 aromatic heterocycles. The largest absolute Gasteiger partial charge is 0.479 e. The molecule has 4 rings (SSSR count). The van der Waals surface area contributed by atoms with Crippen LogP contribution in [0.4, 0.5) is 11.4 Å². The van der Waals surface area contributed by atoms with Gasteiger partial charge in [0, 0.05) is 31.1 Å². The zero-order valence-corrected chi connectivity index (χ0v) is 18.7. The number of hydrogen-bond donors (Lipinski definition) is 0. The molecule has 6 nitrogen and oxygen atoms in total. The third-order valence-corrected chi connectivity index (χ3v) is 5.74. The maximum atomic E-state index is 13.1. The summed E-state index contributed by atoms with van der Waals surface area (Å²) in [6, 6.07) is 24.3. The van der Waals surface area contributed by atoms with E-state index in [-0.39, 0.29) is 30.4 Å². The topological polar surface area (TPSA) is 66.9 Å². The molecule has 1 aliphatic rings. The number of fused-ring (bicyclic) bond motifs is 1. The van der Waals surface area contributed by atoms with Gasteiger partial charge in [0.15, 0.2) is 11.9 Å². The highest BCUT2D eigenvalue weighted by Gasteiger charge is 2.29. The summed E-state index contributed by atoms with van der Waals surface area (Å²) < 4.78 is 5.62. The van der Waals surface area contributed by atoms with Gasteiger partial charge in [0.1, 0.15) is 5.75 Å². The Bertz CT molecular complexity index is 1160. The van der Waals surface area contributed by atoms with Crippen LogP contribution in [-0.2, 0) is 16.1 Å². The van der Waals surface area contributed by atoms with Crippen molar-refractivity contribution in [1.82, 2.24) is 0 Å². The molecule has 1 unspecified atom stereocenters. The zero-order chi connectivity index (χ0) is 23.4. The molecule has 0 spiro atoms. The molecule has 6 heteroatoms. The van der Waals surface area contributed by atoms with Crippen LogP contribution in [-0.4, -0.2) is 30.7 Å². The van der Waals surface area contributed by atoms with Crippen LogP contribution in [0.2, 0.25) is 0 Å². The van der Waals surface area contributed by atoms with Crippen LogP contribution in [0.25, 0.3) is 0 Å². The Kier molecular flexibility index (Phi) is 6.54. The number of nitrogens with zero attached hydrogens (tertiary/aromatic N) is 2. The Morgan fingerprint density at radius 1 is 0.939 bits per heavy atom. The summed E-state index contributed by atoms with van der Waals surface area (Å²) in [4.78, 5) is 41.5. The summed E-state index contributed by atoms with van der Waals surface area (Å²) in [5.41, 5.74) is 2.82. The molecular formula is C27H26N2O4. The summed E-state index contributed by atoms with van der Waals surface area (Å²) >= 11 is 0. The number of Topliss-reactive ketones (excluding diaryl/α,β-unsaturated/α-hetero) is 1. The molecule has 33 heavy (non-hydrogen) atoms. The molecule has 0 saturated carbocycles. The molecule has 2 amide bonds. The summed E-state index contributed by atoms with van der Waals surface area (Å²) in [5, 5.41) is 0. The number of rotatable bonds is 7. The van der Waals surface area contributed by atoms with Gasteiger partial charge in [0.25, 0.3) is 5.91 Å². The van der Waals surface area contributed by atoms with E-state index in [1.165, 1.54) is 4.90 Å². The summed E-state index contributed by atoms with van der Waals surface area (Å²) in [6.45, 7) is 2.12. The fourth-order valence-electron chi connectivity index (χ4n) is 3.88. The quantitative estimate of drug-likeness (QED) is 0.501. The third-order valence-electron chi connectivity index (χ3n) is 5.74. The number of likely N-dealkylation sites (N-methyl/N-ethyl adjacent to an activating group) is 1. The van der Waals surface area contributed by atoms with Gasteiger partial charge in [-0.25, -0.2) is 0 Å². The van der Waals surface area contributed by atoms with Crippen LogP contribution in [0.1, 0.15) is 35.7 Å². The molecule has 0 radical (unpaired) electrons. The van der Waals surface area contributed by atoms with Crippen LogP contribution in [0.15, 0.2) is 78.9 Å². The Morgan fingerprint density at radius 3 is 2.30 bits per heavy atom. The standard InChI is InChI=1S/C27H26N2O4/c1-19-27(32)28(2)23-17-21(13-15-25(23)33-19)24(30)14-16-26(31)29(22-11-7-4-8-12-22)18-20-9-5-3-6-10-20/h3-13,15,17,19H,14,16,18H2,1-2H3. The first kappa shape index (κ1) is 22.3. The first-order valence-corrected chi connectivity index (χ1v) is 10.9. The minimum atomic E-state index is -0.560. The molecule has 1 heterocycles. The van der Waals surface area contributed by atoms with Crippen LogP contribution in [0, 0.1) is 0 Å². The molecule has 3 aromatic carbocycles. The number of anilines is 2. The normalized spacial score (nSPS) is 14.9. The number of ether oxygens (including phenoxy) is 1.